The molecule has 4 saturated heterocycles. The highest BCUT2D eigenvalue weighted by Crippen LogP contribution is 2.29. The average Bonchev–Trinajstić information content (AvgIpc) is 2.51. The first-order valence-electron chi connectivity index (χ1n) is 8.71. The molecule has 4 heterocycles. The molecule has 0 aromatic rings. The number of fused-ring (bicyclic) bond motifs is 3. The molecule has 0 aromatic carbocycles. The molecule has 0 aliphatic carbocycles. The van der Waals surface area contributed by atoms with Crippen LogP contribution >= 0.6 is 35.7 Å². The molecule has 134 valence electrons. The molecule has 4 rings (SSSR count). The van der Waals surface area contributed by atoms with Gasteiger partial charge in [0.05, 0.1) is 6.54 Å². The van der Waals surface area contributed by atoms with Crippen LogP contribution in [0.1, 0.15) is 20.8 Å². The summed E-state index contributed by atoms with van der Waals surface area (Å²) in [5.41, 5.74) is 0. The number of rotatable bonds is 3. The van der Waals surface area contributed by atoms with Gasteiger partial charge in [0.15, 0.2) is 5.96 Å². The lowest BCUT2D eigenvalue weighted by Gasteiger charge is -2.47. The molecule has 4 aliphatic rings. The Bertz CT molecular complexity index is 409. The van der Waals surface area contributed by atoms with E-state index in [-0.39, 0.29) is 24.0 Å². The maximum absolute atomic E-state index is 5.00. The van der Waals surface area contributed by atoms with Gasteiger partial charge >= 0.3 is 0 Å². The van der Waals surface area contributed by atoms with E-state index in [0.717, 1.165) is 32.1 Å². The van der Waals surface area contributed by atoms with E-state index in [0.29, 0.717) is 10.8 Å². The molecule has 0 aromatic heterocycles. The predicted octanol–water partition coefficient (Wildman–Crippen LogP) is 1.40. The topological polar surface area (TPSA) is 34.1 Å². The van der Waals surface area contributed by atoms with E-state index in [1.54, 1.807) is 0 Å². The number of aliphatic imine (C=N–C) groups is 1. The van der Waals surface area contributed by atoms with Gasteiger partial charge in [-0.1, -0.05) is 0 Å². The van der Waals surface area contributed by atoms with Gasteiger partial charge in [0.2, 0.25) is 0 Å². The fourth-order valence-electron chi connectivity index (χ4n) is 3.71. The van der Waals surface area contributed by atoms with Crippen LogP contribution < -0.4 is 5.32 Å². The highest BCUT2D eigenvalue weighted by molar-refractivity contribution is 14.0. The molecule has 1 unspecified atom stereocenters. The van der Waals surface area contributed by atoms with Gasteiger partial charge in [0.1, 0.15) is 0 Å². The summed E-state index contributed by atoms with van der Waals surface area (Å²) >= 11 is 2.08. The lowest BCUT2D eigenvalue weighted by Crippen LogP contribution is -2.62. The minimum absolute atomic E-state index is 0. The third-order valence-corrected chi connectivity index (χ3v) is 6.20. The molecular weight excluding hydrogens is 421 g/mol. The van der Waals surface area contributed by atoms with Gasteiger partial charge < -0.3 is 10.2 Å². The lowest BCUT2D eigenvalue weighted by atomic mass is 10.1. The molecule has 1 N–H and O–H groups in total. The molecular formula is C16H32IN5S. The van der Waals surface area contributed by atoms with E-state index >= 15 is 0 Å². The summed E-state index contributed by atoms with van der Waals surface area (Å²) < 4.78 is 0.327. The fraction of sp³-hybridized carbons (Fsp3) is 0.938. The summed E-state index contributed by atoms with van der Waals surface area (Å²) in [6, 6.07) is 0.614. The van der Waals surface area contributed by atoms with Crippen LogP contribution in [0.3, 0.4) is 0 Å². The van der Waals surface area contributed by atoms with Gasteiger partial charge in [-0.15, -0.1) is 24.0 Å². The zero-order chi connectivity index (χ0) is 15.6. The van der Waals surface area contributed by atoms with Crippen molar-refractivity contribution in [2.45, 2.75) is 31.6 Å². The first kappa shape index (κ1) is 19.6. The third kappa shape index (κ3) is 5.12. The number of thioether (sulfide) groups is 1. The molecule has 0 radical (unpaired) electrons. The smallest absolute Gasteiger partial charge is 0.194 e. The van der Waals surface area contributed by atoms with Gasteiger partial charge in [-0.05, 0) is 20.8 Å². The maximum Gasteiger partial charge on any atom is 0.194 e. The standard InChI is InChI=1S/C16H31N5S.HI/c1-4-17-15(21-9-10-22-16(2,3)13-21)18-11-14-12-19-5-7-20(14)8-6-19;/h14H,4-13H2,1-3H3,(H,17,18);1H. The lowest BCUT2D eigenvalue weighted by molar-refractivity contribution is 0.0173. The van der Waals surface area contributed by atoms with Crippen LogP contribution in [-0.4, -0.2) is 96.1 Å². The van der Waals surface area contributed by atoms with Crippen LogP contribution in [-0.2, 0) is 0 Å². The Morgan fingerprint density at radius 2 is 1.96 bits per heavy atom. The van der Waals surface area contributed by atoms with Crippen molar-refractivity contribution < 1.29 is 0 Å². The number of nitrogens with zero attached hydrogens (tertiary/aromatic N) is 4. The summed E-state index contributed by atoms with van der Waals surface area (Å²) in [6.07, 6.45) is 0. The molecule has 23 heavy (non-hydrogen) atoms. The second kappa shape index (κ2) is 8.58. The van der Waals surface area contributed by atoms with Crippen molar-refractivity contribution in [1.82, 2.24) is 20.0 Å². The Kier molecular flexibility index (Phi) is 7.31. The zero-order valence-corrected chi connectivity index (χ0v) is 17.9. The number of nitrogens with one attached hydrogen (secondary N) is 1. The number of hydrogen-bond donors (Lipinski definition) is 1. The highest BCUT2D eigenvalue weighted by Gasteiger charge is 2.32. The number of halogens is 1. The van der Waals surface area contributed by atoms with Gasteiger partial charge in [-0.2, -0.15) is 11.8 Å². The van der Waals surface area contributed by atoms with Crippen molar-refractivity contribution in [3.05, 3.63) is 0 Å². The molecule has 7 heteroatoms. The molecule has 4 fully saturated rings. The van der Waals surface area contributed by atoms with E-state index in [1.807, 2.05) is 0 Å². The van der Waals surface area contributed by atoms with Crippen LogP contribution in [0.4, 0.5) is 0 Å². The molecule has 0 spiro atoms. The summed E-state index contributed by atoms with van der Waals surface area (Å²) in [6.45, 7) is 17.1. The Hall–Kier alpha value is 0.270. The second-order valence-corrected chi connectivity index (χ2v) is 9.02. The Morgan fingerprint density at radius 1 is 1.22 bits per heavy atom. The van der Waals surface area contributed by atoms with Gasteiger partial charge in [0, 0.05) is 68.9 Å². The van der Waals surface area contributed by atoms with E-state index in [4.69, 9.17) is 4.99 Å². The zero-order valence-electron chi connectivity index (χ0n) is 14.8. The molecule has 0 saturated carbocycles. The van der Waals surface area contributed by atoms with Crippen molar-refractivity contribution in [2.24, 2.45) is 4.99 Å². The normalized spacial score (nSPS) is 33.3. The van der Waals surface area contributed by atoms with E-state index < -0.39 is 0 Å². The summed E-state index contributed by atoms with van der Waals surface area (Å²) in [5.74, 6) is 2.31. The Labute approximate surface area is 162 Å². The van der Waals surface area contributed by atoms with Crippen molar-refractivity contribution >= 4 is 41.7 Å². The SMILES string of the molecule is CCNC(=NCC1CN2CCN1CC2)N1CCSC(C)(C)C1.I. The monoisotopic (exact) mass is 453 g/mol. The summed E-state index contributed by atoms with van der Waals surface area (Å²) in [5, 5.41) is 3.51. The minimum Gasteiger partial charge on any atom is -0.357 e. The van der Waals surface area contributed by atoms with Crippen molar-refractivity contribution in [1.29, 1.82) is 0 Å². The average molecular weight is 453 g/mol. The fourth-order valence-corrected chi connectivity index (χ4v) is 4.82. The molecule has 2 bridgehead atoms. The molecule has 5 nitrogen and oxygen atoms in total. The first-order valence-corrected chi connectivity index (χ1v) is 9.69. The van der Waals surface area contributed by atoms with Crippen molar-refractivity contribution in [3.63, 3.8) is 0 Å². The predicted molar refractivity (Wildman–Crippen MR) is 111 cm³/mol. The van der Waals surface area contributed by atoms with Crippen LogP contribution in [0.2, 0.25) is 0 Å². The van der Waals surface area contributed by atoms with Gasteiger partial charge in [-0.3, -0.25) is 14.8 Å². The quantitative estimate of drug-likeness (QED) is 0.397. The van der Waals surface area contributed by atoms with E-state index in [9.17, 15) is 0 Å². The largest absolute Gasteiger partial charge is 0.357 e. The first-order chi connectivity index (χ1) is 10.6. The summed E-state index contributed by atoms with van der Waals surface area (Å²) in [7, 11) is 0. The van der Waals surface area contributed by atoms with Crippen LogP contribution in [0, 0.1) is 0 Å². The second-order valence-electron chi connectivity index (χ2n) is 7.21. The van der Waals surface area contributed by atoms with Crippen LogP contribution in [0.5, 0.6) is 0 Å². The van der Waals surface area contributed by atoms with Crippen LogP contribution in [0.15, 0.2) is 4.99 Å². The minimum atomic E-state index is 0. The van der Waals surface area contributed by atoms with Gasteiger partial charge in [0.25, 0.3) is 0 Å². The molecule has 4 aliphatic heterocycles. The molecule has 0 amide bonds. The maximum atomic E-state index is 5.00. The molecule has 1 atom stereocenters. The third-order valence-electron chi connectivity index (χ3n) is 4.90. The van der Waals surface area contributed by atoms with Crippen molar-refractivity contribution in [3.8, 4) is 0 Å². The van der Waals surface area contributed by atoms with Crippen LogP contribution in [0.25, 0.3) is 0 Å². The number of piperazine rings is 3. The highest BCUT2D eigenvalue weighted by atomic mass is 127. The van der Waals surface area contributed by atoms with E-state index in [1.165, 1.54) is 38.5 Å². The Balaban J connectivity index is 0.00000192. The van der Waals surface area contributed by atoms with Crippen molar-refractivity contribution in [2.75, 3.05) is 64.7 Å². The summed E-state index contributed by atoms with van der Waals surface area (Å²) in [4.78, 5) is 12.7. The van der Waals surface area contributed by atoms with Gasteiger partial charge in [-0.25, -0.2) is 0 Å². The van der Waals surface area contributed by atoms with E-state index in [2.05, 4.69) is 52.5 Å². The Morgan fingerprint density at radius 3 is 2.52 bits per heavy atom. The number of hydrogen-bond acceptors (Lipinski definition) is 4. The number of guanidine groups is 1.